The number of aromatic hydroxyl groups is 1. The van der Waals surface area contributed by atoms with Crippen molar-refractivity contribution >= 4 is 53.6 Å². The molecule has 0 unspecified atom stereocenters. The van der Waals surface area contributed by atoms with E-state index in [0.717, 1.165) is 16.8 Å². The minimum Gasteiger partial charge on any atom is -0.744 e. The quantitative estimate of drug-likeness (QED) is 0.145. The number of hydrogen-bond acceptors (Lipinski definition) is 9. The Labute approximate surface area is 234 Å². The first kappa shape index (κ1) is 29.4. The van der Waals surface area contributed by atoms with E-state index in [4.69, 9.17) is 12.6 Å². The normalized spacial score (nSPS) is 10.7. The van der Waals surface area contributed by atoms with E-state index < -0.39 is 31.4 Å². The topological polar surface area (TPSA) is 153 Å². The second kappa shape index (κ2) is 12.7. The van der Waals surface area contributed by atoms with Crippen LogP contribution in [0.15, 0.2) is 81.9 Å². The standard InChI is InChI=1S/C20H13N2O4S.2Na.O3S/c23-20-18(27(24,25)26)12-14-7-2-4-10-16(14)19(20)22-21-17-11-5-8-13-6-1-3-9-15(13)17;;;1-4(2)3/h1,3-12,23H,(H,24,25,26);;;/q-1;2*+1;/p-1. The van der Waals surface area contributed by atoms with Crippen LogP contribution in [0.4, 0.5) is 11.4 Å². The van der Waals surface area contributed by atoms with Gasteiger partial charge in [-0.05, 0) is 11.5 Å². The van der Waals surface area contributed by atoms with Crippen LogP contribution in [0.5, 0.6) is 5.75 Å². The van der Waals surface area contributed by atoms with Gasteiger partial charge in [-0.3, -0.25) is 0 Å². The summed E-state index contributed by atoms with van der Waals surface area (Å²) in [6.07, 6.45) is 0. The largest absolute Gasteiger partial charge is 1.00 e. The summed E-state index contributed by atoms with van der Waals surface area (Å²) in [6.45, 7) is 0. The fourth-order valence-electron chi connectivity index (χ4n) is 2.92. The van der Waals surface area contributed by atoms with Gasteiger partial charge in [-0.15, -0.1) is 28.2 Å². The maximum absolute atomic E-state index is 11.5. The van der Waals surface area contributed by atoms with Crippen molar-refractivity contribution < 1.29 is 89.8 Å². The Morgan fingerprint density at radius 3 is 2.18 bits per heavy atom. The number of azo groups is 1. The van der Waals surface area contributed by atoms with Gasteiger partial charge in [0.05, 0.1) is 10.6 Å². The molecule has 0 heterocycles. The Balaban J connectivity index is 0.000000842. The molecule has 0 spiro atoms. The predicted octanol–water partition coefficient (Wildman–Crippen LogP) is -2.18. The molecular weight excluding hydrogens is 490 g/mol. The molecule has 4 aromatic carbocycles. The van der Waals surface area contributed by atoms with E-state index in [1.165, 1.54) is 6.07 Å². The molecular formula is C20H12N2Na2O7S2. The zero-order valence-corrected chi connectivity index (χ0v) is 23.1. The molecule has 9 nitrogen and oxygen atoms in total. The van der Waals surface area contributed by atoms with Crippen LogP contribution in [-0.4, -0.2) is 30.7 Å². The average Bonchev–Trinajstić information content (AvgIpc) is 2.71. The van der Waals surface area contributed by atoms with E-state index in [1.54, 1.807) is 18.2 Å². The minimum atomic E-state index is -4.88. The van der Waals surface area contributed by atoms with Gasteiger partial charge in [-0.2, -0.15) is 24.3 Å². The number of phenolic OH excluding ortho intramolecular Hbond substituents is 1. The third kappa shape index (κ3) is 7.41. The van der Waals surface area contributed by atoms with Gasteiger partial charge in [0.15, 0.2) is 5.75 Å². The molecule has 0 saturated heterocycles. The third-order valence-corrected chi connectivity index (χ3v) is 5.04. The van der Waals surface area contributed by atoms with Gasteiger partial charge in [0, 0.05) is 5.39 Å². The molecule has 0 aliphatic heterocycles. The van der Waals surface area contributed by atoms with Crippen LogP contribution >= 0.6 is 0 Å². The van der Waals surface area contributed by atoms with Gasteiger partial charge in [-0.1, -0.05) is 47.9 Å². The van der Waals surface area contributed by atoms with Gasteiger partial charge < -0.3 is 9.66 Å². The van der Waals surface area contributed by atoms with Crippen molar-refractivity contribution in [3.63, 3.8) is 0 Å². The molecule has 0 bridgehead atoms. The summed E-state index contributed by atoms with van der Waals surface area (Å²) < 4.78 is 59.8. The summed E-state index contributed by atoms with van der Waals surface area (Å²) in [4.78, 5) is -0.735. The van der Waals surface area contributed by atoms with E-state index in [1.807, 2.05) is 36.4 Å². The van der Waals surface area contributed by atoms with Crippen molar-refractivity contribution in [2.24, 2.45) is 10.2 Å². The van der Waals surface area contributed by atoms with Gasteiger partial charge in [-0.25, -0.2) is 8.42 Å². The Bertz CT molecular complexity index is 1530. The molecule has 4 rings (SSSR count). The van der Waals surface area contributed by atoms with Crippen molar-refractivity contribution in [1.82, 2.24) is 0 Å². The van der Waals surface area contributed by atoms with Crippen molar-refractivity contribution in [2.75, 3.05) is 0 Å². The van der Waals surface area contributed by atoms with Crippen LogP contribution in [0.2, 0.25) is 0 Å². The Morgan fingerprint density at radius 2 is 1.52 bits per heavy atom. The fourth-order valence-corrected chi connectivity index (χ4v) is 3.53. The summed E-state index contributed by atoms with van der Waals surface area (Å²) in [5.74, 6) is -0.715. The van der Waals surface area contributed by atoms with Gasteiger partial charge in [0.2, 0.25) is 0 Å². The molecule has 158 valence electrons. The first-order valence-electron chi connectivity index (χ1n) is 8.46. The number of hydrogen-bond donors (Lipinski definition) is 1. The predicted molar refractivity (Wildman–Crippen MR) is 110 cm³/mol. The summed E-state index contributed by atoms with van der Waals surface area (Å²) in [5.41, 5.74) is 0.474. The van der Waals surface area contributed by atoms with Gasteiger partial charge in [0.25, 0.3) is 0 Å². The second-order valence-corrected chi connectivity index (χ2v) is 7.83. The van der Waals surface area contributed by atoms with Crippen LogP contribution in [0, 0.1) is 6.07 Å². The molecule has 1 N–H and O–H groups in total. The molecule has 13 heteroatoms. The molecule has 0 aromatic heterocycles. The Hall–Kier alpha value is -1.67. The van der Waals surface area contributed by atoms with Crippen LogP contribution < -0.4 is 59.1 Å². The third-order valence-electron chi connectivity index (χ3n) is 4.19. The van der Waals surface area contributed by atoms with Crippen LogP contribution in [-0.2, 0) is 20.7 Å². The minimum absolute atomic E-state index is 0. The van der Waals surface area contributed by atoms with Crippen LogP contribution in [0.3, 0.4) is 0 Å². The molecule has 0 radical (unpaired) electrons. The van der Waals surface area contributed by atoms with E-state index in [9.17, 15) is 18.1 Å². The molecule has 0 aliphatic rings. The number of benzene rings is 4. The van der Waals surface area contributed by atoms with E-state index in [2.05, 4.69) is 16.3 Å². The Kier molecular flexibility index (Phi) is 11.3. The van der Waals surface area contributed by atoms with E-state index in [-0.39, 0.29) is 64.8 Å². The first-order valence-corrected chi connectivity index (χ1v) is 10.9. The maximum Gasteiger partial charge on any atom is 1.00 e. The number of fused-ring (bicyclic) bond motifs is 2. The zero-order chi connectivity index (χ0) is 22.6. The monoisotopic (exact) mass is 502 g/mol. The van der Waals surface area contributed by atoms with E-state index in [0.29, 0.717) is 16.5 Å². The average molecular weight is 502 g/mol. The molecule has 0 amide bonds. The number of rotatable bonds is 3. The molecule has 0 atom stereocenters. The molecule has 0 saturated carbocycles. The van der Waals surface area contributed by atoms with E-state index >= 15 is 0 Å². The molecule has 33 heavy (non-hydrogen) atoms. The van der Waals surface area contributed by atoms with Gasteiger partial charge in [0.1, 0.15) is 15.8 Å². The second-order valence-electron chi connectivity index (χ2n) is 6.08. The van der Waals surface area contributed by atoms with Crippen molar-refractivity contribution in [3.05, 3.63) is 72.8 Å². The molecule has 0 fully saturated rings. The molecule has 0 aliphatic carbocycles. The summed E-state index contributed by atoms with van der Waals surface area (Å²) >= 11 is 0. The summed E-state index contributed by atoms with van der Waals surface area (Å²) in [7, 11) is -7.99. The number of phenols is 1. The first-order chi connectivity index (χ1) is 14.7. The smallest absolute Gasteiger partial charge is 0.744 e. The van der Waals surface area contributed by atoms with Crippen molar-refractivity contribution in [3.8, 4) is 5.75 Å². The summed E-state index contributed by atoms with van der Waals surface area (Å²) in [5, 5.41) is 21.3. The number of nitrogens with zero attached hydrogens (tertiary/aromatic N) is 2. The fraction of sp³-hybridized carbons (Fsp3) is 0. The molecule has 4 aromatic rings. The Morgan fingerprint density at radius 1 is 0.879 bits per heavy atom. The van der Waals surface area contributed by atoms with Crippen LogP contribution in [0.25, 0.3) is 21.5 Å². The summed E-state index contributed by atoms with van der Waals surface area (Å²) in [6, 6.07) is 21.8. The van der Waals surface area contributed by atoms with Crippen molar-refractivity contribution in [2.45, 2.75) is 4.90 Å². The SMILES string of the molecule is O=S(=O)([O-])c1cc2c[c-]ccc2c(N=Nc2cccc3ccccc23)c1O.O=S(=O)=O.[Na+].[Na+]. The van der Waals surface area contributed by atoms with Crippen LogP contribution in [0.1, 0.15) is 0 Å². The maximum atomic E-state index is 11.5. The zero-order valence-electron chi connectivity index (χ0n) is 17.5. The van der Waals surface area contributed by atoms with Crippen molar-refractivity contribution in [1.29, 1.82) is 0 Å². The van der Waals surface area contributed by atoms with Gasteiger partial charge >= 0.3 is 69.7 Å².